The third-order valence-electron chi connectivity index (χ3n) is 2.07. The first-order valence-corrected chi connectivity index (χ1v) is 6.72. The van der Waals surface area contributed by atoms with E-state index in [1.807, 2.05) is 0 Å². The zero-order valence-corrected chi connectivity index (χ0v) is 11.4. The van der Waals surface area contributed by atoms with Gasteiger partial charge in [-0.25, -0.2) is 13.1 Å². The number of amides is 1. The van der Waals surface area contributed by atoms with Crippen molar-refractivity contribution in [3.05, 3.63) is 27.7 Å². The third kappa shape index (κ3) is 2.71. The van der Waals surface area contributed by atoms with Gasteiger partial charge in [0, 0.05) is 7.05 Å². The van der Waals surface area contributed by atoms with Gasteiger partial charge in [-0.1, -0.05) is 23.2 Å². The second-order valence-corrected chi connectivity index (χ2v) is 5.66. The first kappa shape index (κ1) is 14.2. The maximum atomic E-state index is 11.6. The summed E-state index contributed by atoms with van der Waals surface area (Å²) in [6.45, 7) is 0. The Morgan fingerprint density at radius 1 is 1.24 bits per heavy atom. The molecule has 0 spiro atoms. The van der Waals surface area contributed by atoms with Gasteiger partial charge in [-0.05, 0) is 19.2 Å². The molecule has 0 unspecified atom stereocenters. The number of hydrogen-bond donors (Lipinski definition) is 2. The number of sulfonamides is 1. The van der Waals surface area contributed by atoms with Crippen molar-refractivity contribution in [2.24, 2.45) is 0 Å². The van der Waals surface area contributed by atoms with E-state index in [0.717, 1.165) is 0 Å². The number of benzene rings is 1. The van der Waals surface area contributed by atoms with Crippen molar-refractivity contribution in [3.8, 4) is 0 Å². The van der Waals surface area contributed by atoms with Gasteiger partial charge in [0.05, 0.1) is 15.6 Å². The summed E-state index contributed by atoms with van der Waals surface area (Å²) in [7, 11) is -1.08. The Labute approximate surface area is 109 Å². The fraction of sp³-hybridized carbons (Fsp3) is 0.222. The van der Waals surface area contributed by atoms with Crippen molar-refractivity contribution in [2.75, 3.05) is 14.1 Å². The number of rotatable bonds is 3. The highest BCUT2D eigenvalue weighted by Gasteiger charge is 2.23. The van der Waals surface area contributed by atoms with E-state index >= 15 is 0 Å². The van der Waals surface area contributed by atoms with Crippen LogP contribution in [0.4, 0.5) is 0 Å². The molecule has 17 heavy (non-hydrogen) atoms. The van der Waals surface area contributed by atoms with E-state index < -0.39 is 15.9 Å². The molecule has 8 heteroatoms. The van der Waals surface area contributed by atoms with Crippen LogP contribution in [0.3, 0.4) is 0 Å². The molecule has 5 nitrogen and oxygen atoms in total. The summed E-state index contributed by atoms with van der Waals surface area (Å²) in [6.07, 6.45) is 0. The molecule has 0 aliphatic rings. The van der Waals surface area contributed by atoms with E-state index in [0.29, 0.717) is 0 Å². The molecule has 0 aliphatic heterocycles. The maximum absolute atomic E-state index is 11.6. The second-order valence-electron chi connectivity index (χ2n) is 3.02. The summed E-state index contributed by atoms with van der Waals surface area (Å²) in [4.78, 5) is 11.3. The molecule has 0 fully saturated rings. The molecule has 0 atom stereocenters. The molecule has 2 N–H and O–H groups in total. The molecule has 0 aromatic heterocycles. The van der Waals surface area contributed by atoms with E-state index in [1.165, 1.54) is 26.2 Å². The van der Waals surface area contributed by atoms with Crippen molar-refractivity contribution >= 4 is 39.1 Å². The fourth-order valence-corrected chi connectivity index (χ4v) is 2.84. The van der Waals surface area contributed by atoms with Crippen molar-refractivity contribution in [3.63, 3.8) is 0 Å². The van der Waals surface area contributed by atoms with Crippen LogP contribution in [0.25, 0.3) is 0 Å². The molecule has 1 aromatic rings. The molecular weight excluding hydrogens is 287 g/mol. The Morgan fingerprint density at radius 2 is 1.82 bits per heavy atom. The maximum Gasteiger partial charge on any atom is 0.254 e. The molecule has 0 bridgehead atoms. The Hall–Kier alpha value is -0.820. The minimum atomic E-state index is -3.73. The first-order chi connectivity index (χ1) is 7.85. The number of carbonyl (C=O) groups excluding carboxylic acids is 1. The monoisotopic (exact) mass is 296 g/mol. The summed E-state index contributed by atoms with van der Waals surface area (Å²) < 4.78 is 25.4. The van der Waals surface area contributed by atoms with E-state index in [9.17, 15) is 13.2 Å². The van der Waals surface area contributed by atoms with Crippen molar-refractivity contribution in [1.82, 2.24) is 10.0 Å². The molecule has 94 valence electrons. The smallest absolute Gasteiger partial charge is 0.254 e. The molecule has 0 aliphatic carbocycles. The van der Waals surface area contributed by atoms with Crippen LogP contribution in [-0.2, 0) is 10.0 Å². The van der Waals surface area contributed by atoms with Gasteiger partial charge in [-0.15, -0.1) is 0 Å². The normalized spacial score (nSPS) is 11.3. The number of carbonyl (C=O) groups is 1. The van der Waals surface area contributed by atoms with Gasteiger partial charge in [-0.3, -0.25) is 4.79 Å². The van der Waals surface area contributed by atoms with Crippen LogP contribution in [0.5, 0.6) is 0 Å². The predicted molar refractivity (Wildman–Crippen MR) is 66.1 cm³/mol. The van der Waals surface area contributed by atoms with Crippen LogP contribution in [0.2, 0.25) is 10.0 Å². The zero-order valence-electron chi connectivity index (χ0n) is 9.04. The summed E-state index contributed by atoms with van der Waals surface area (Å²) in [5.41, 5.74) is -0.0628. The summed E-state index contributed by atoms with van der Waals surface area (Å²) in [6, 6.07) is 2.55. The van der Waals surface area contributed by atoms with Gasteiger partial charge in [-0.2, -0.15) is 0 Å². The molecule has 1 amide bonds. The fourth-order valence-electron chi connectivity index (χ4n) is 1.18. The van der Waals surface area contributed by atoms with Gasteiger partial charge < -0.3 is 5.32 Å². The third-order valence-corrected chi connectivity index (χ3v) is 4.34. The summed E-state index contributed by atoms with van der Waals surface area (Å²) >= 11 is 11.7. The number of nitrogens with one attached hydrogen (secondary N) is 2. The highest BCUT2D eigenvalue weighted by Crippen LogP contribution is 2.30. The number of hydrogen-bond acceptors (Lipinski definition) is 3. The summed E-state index contributed by atoms with van der Waals surface area (Å²) in [5.74, 6) is -0.548. The highest BCUT2D eigenvalue weighted by molar-refractivity contribution is 7.89. The van der Waals surface area contributed by atoms with Crippen LogP contribution < -0.4 is 10.0 Å². The average molecular weight is 297 g/mol. The van der Waals surface area contributed by atoms with Gasteiger partial charge in [0.25, 0.3) is 5.91 Å². The highest BCUT2D eigenvalue weighted by atomic mass is 35.5. The van der Waals surface area contributed by atoms with E-state index in [2.05, 4.69) is 10.0 Å². The molecular formula is C9H10Cl2N2O3S. The summed E-state index contributed by atoms with van der Waals surface area (Å²) in [5, 5.41) is 2.22. The minimum absolute atomic E-state index is 0.0628. The Kier molecular flexibility index (Phi) is 4.37. The molecule has 0 saturated heterocycles. The standard InChI is InChI=1S/C9H10Cl2N2O3S/c1-12-9(14)7-5(10)3-4-6(8(7)11)17(15,16)13-2/h3-4,13H,1-2H3,(H,12,14). The largest absolute Gasteiger partial charge is 0.355 e. The quantitative estimate of drug-likeness (QED) is 0.882. The predicted octanol–water partition coefficient (Wildman–Crippen LogP) is 1.26. The molecule has 0 heterocycles. The minimum Gasteiger partial charge on any atom is -0.355 e. The molecule has 1 rings (SSSR count). The Morgan fingerprint density at radius 3 is 2.29 bits per heavy atom. The SMILES string of the molecule is CNC(=O)c1c(Cl)ccc(S(=O)(=O)NC)c1Cl. The van der Waals surface area contributed by atoms with Gasteiger partial charge in [0.15, 0.2) is 0 Å². The lowest BCUT2D eigenvalue weighted by Crippen LogP contribution is -2.22. The Balaban J connectivity index is 3.55. The van der Waals surface area contributed by atoms with E-state index in [4.69, 9.17) is 23.2 Å². The van der Waals surface area contributed by atoms with Gasteiger partial charge >= 0.3 is 0 Å². The second kappa shape index (κ2) is 5.22. The van der Waals surface area contributed by atoms with Crippen molar-refractivity contribution in [2.45, 2.75) is 4.90 Å². The van der Waals surface area contributed by atoms with Crippen LogP contribution in [0.1, 0.15) is 10.4 Å². The lowest BCUT2D eigenvalue weighted by Gasteiger charge is -2.10. The molecule has 0 radical (unpaired) electrons. The first-order valence-electron chi connectivity index (χ1n) is 4.48. The van der Waals surface area contributed by atoms with E-state index in [-0.39, 0.29) is 20.5 Å². The Bertz CT molecular complexity index is 558. The van der Waals surface area contributed by atoms with Gasteiger partial charge in [0.1, 0.15) is 4.90 Å². The average Bonchev–Trinajstić information content (AvgIpc) is 2.28. The number of halogens is 2. The van der Waals surface area contributed by atoms with Gasteiger partial charge in [0.2, 0.25) is 10.0 Å². The van der Waals surface area contributed by atoms with Crippen LogP contribution in [0, 0.1) is 0 Å². The lowest BCUT2D eigenvalue weighted by molar-refractivity contribution is 0.0963. The van der Waals surface area contributed by atoms with Crippen LogP contribution in [-0.4, -0.2) is 28.4 Å². The molecule has 1 aromatic carbocycles. The van der Waals surface area contributed by atoms with Crippen molar-refractivity contribution < 1.29 is 13.2 Å². The zero-order chi connectivity index (χ0) is 13.2. The lowest BCUT2D eigenvalue weighted by atomic mass is 10.2. The van der Waals surface area contributed by atoms with Crippen LogP contribution >= 0.6 is 23.2 Å². The molecule has 0 saturated carbocycles. The van der Waals surface area contributed by atoms with Crippen LogP contribution in [0.15, 0.2) is 17.0 Å². The van der Waals surface area contributed by atoms with Crippen molar-refractivity contribution in [1.29, 1.82) is 0 Å². The topological polar surface area (TPSA) is 75.3 Å². The van der Waals surface area contributed by atoms with E-state index in [1.54, 1.807) is 0 Å².